The van der Waals surface area contributed by atoms with E-state index in [1.807, 2.05) is 19.3 Å². The van der Waals surface area contributed by atoms with E-state index >= 15 is 4.39 Å². The van der Waals surface area contributed by atoms with Gasteiger partial charge in [-0.05, 0) is 107 Å². The summed E-state index contributed by atoms with van der Waals surface area (Å²) in [5, 5.41) is 9.52. The molecule has 1 unspecified atom stereocenters. The summed E-state index contributed by atoms with van der Waals surface area (Å²) in [6.45, 7) is 15.1. The van der Waals surface area contributed by atoms with Crippen LogP contribution in [-0.2, 0) is 16.0 Å². The zero-order valence-corrected chi connectivity index (χ0v) is 34.9. The Labute approximate surface area is 345 Å². The molecule has 310 valence electrons. The first-order valence-corrected chi connectivity index (χ1v) is 21.8. The molecule has 3 saturated heterocycles. The lowest BCUT2D eigenvalue weighted by atomic mass is 9.57. The fourth-order valence-corrected chi connectivity index (χ4v) is 11.3. The molecule has 10 rings (SSSR count). The van der Waals surface area contributed by atoms with E-state index in [1.54, 1.807) is 18.5 Å². The van der Waals surface area contributed by atoms with Gasteiger partial charge in [0.25, 0.3) is 5.91 Å². The monoisotopic (exact) mass is 800 g/mol. The van der Waals surface area contributed by atoms with Gasteiger partial charge in [-0.25, -0.2) is 14.4 Å². The topological polar surface area (TPSA) is 119 Å². The highest BCUT2D eigenvalue weighted by atomic mass is 19.1. The van der Waals surface area contributed by atoms with Crippen molar-refractivity contribution >= 4 is 45.3 Å². The van der Waals surface area contributed by atoms with E-state index in [0.29, 0.717) is 24.8 Å². The predicted molar refractivity (Wildman–Crippen MR) is 228 cm³/mol. The second kappa shape index (κ2) is 14.7. The van der Waals surface area contributed by atoms with Gasteiger partial charge in [0.2, 0.25) is 11.9 Å². The number of piperazine rings is 1. The third kappa shape index (κ3) is 7.17. The minimum Gasteiger partial charge on any atom is -0.369 e. The Bertz CT molecular complexity index is 2380. The molecule has 3 atom stereocenters. The Morgan fingerprint density at radius 2 is 1.68 bits per heavy atom. The van der Waals surface area contributed by atoms with Crippen LogP contribution in [0.4, 0.5) is 16.0 Å². The van der Waals surface area contributed by atoms with Crippen molar-refractivity contribution in [3.05, 3.63) is 77.4 Å². The van der Waals surface area contributed by atoms with Crippen molar-refractivity contribution in [2.24, 2.45) is 11.3 Å². The molecule has 2 amide bonds. The molecule has 0 bridgehead atoms. The smallest absolute Gasteiger partial charge is 0.251 e. The lowest BCUT2D eigenvalue weighted by Gasteiger charge is -2.53. The van der Waals surface area contributed by atoms with Gasteiger partial charge >= 0.3 is 0 Å². The minimum absolute atomic E-state index is 0.136. The van der Waals surface area contributed by atoms with Crippen molar-refractivity contribution in [2.45, 2.75) is 96.4 Å². The van der Waals surface area contributed by atoms with Crippen molar-refractivity contribution in [2.75, 3.05) is 62.2 Å². The van der Waals surface area contributed by atoms with Crippen LogP contribution in [0, 0.1) is 18.3 Å². The molecule has 5 aromatic rings. The number of piperidine rings is 2. The summed E-state index contributed by atoms with van der Waals surface area (Å²) in [5.74, 6) is 1.07. The van der Waals surface area contributed by atoms with Gasteiger partial charge in [-0.15, -0.1) is 0 Å². The summed E-state index contributed by atoms with van der Waals surface area (Å²) in [5.41, 5.74) is 6.74. The van der Waals surface area contributed by atoms with Crippen molar-refractivity contribution in [1.29, 1.82) is 0 Å². The van der Waals surface area contributed by atoms with Crippen molar-refractivity contribution < 1.29 is 14.0 Å². The zero-order valence-electron chi connectivity index (χ0n) is 34.9. The number of carbonyl (C=O) groups is 2. The van der Waals surface area contributed by atoms with Gasteiger partial charge in [-0.2, -0.15) is 5.10 Å². The number of para-hydroxylation sites is 1. The molecule has 3 aromatic heterocycles. The van der Waals surface area contributed by atoms with E-state index in [2.05, 4.69) is 79.3 Å². The molecule has 59 heavy (non-hydrogen) atoms. The number of halogens is 1. The molecule has 4 fully saturated rings. The molecule has 13 heteroatoms. The number of aromatic nitrogens is 5. The molecule has 1 saturated carbocycles. The van der Waals surface area contributed by atoms with Crippen molar-refractivity contribution in [1.82, 2.24) is 39.8 Å². The summed E-state index contributed by atoms with van der Waals surface area (Å²) in [7, 11) is 0. The number of anilines is 2. The van der Waals surface area contributed by atoms with E-state index < -0.39 is 11.7 Å². The van der Waals surface area contributed by atoms with Crippen molar-refractivity contribution in [3.63, 3.8) is 0 Å². The van der Waals surface area contributed by atoms with Crippen LogP contribution in [0.3, 0.4) is 0 Å². The fraction of sp³-hybridized carbons (Fsp3) is 0.543. The van der Waals surface area contributed by atoms with Gasteiger partial charge in [0, 0.05) is 110 Å². The summed E-state index contributed by atoms with van der Waals surface area (Å²) < 4.78 is 17.0. The van der Waals surface area contributed by atoms with Gasteiger partial charge < -0.3 is 14.8 Å². The Kier molecular flexibility index (Phi) is 9.54. The zero-order chi connectivity index (χ0) is 40.6. The number of alkyl halides is 1. The average molecular weight is 801 g/mol. The number of imide groups is 1. The number of hydrogen-bond donors (Lipinski definition) is 2. The van der Waals surface area contributed by atoms with Crippen LogP contribution in [0.2, 0.25) is 0 Å². The Balaban J connectivity index is 0.728. The third-order valence-electron chi connectivity index (χ3n) is 14.2. The van der Waals surface area contributed by atoms with Crippen LogP contribution >= 0.6 is 0 Å². The maximum Gasteiger partial charge on any atom is 0.251 e. The maximum atomic E-state index is 15.2. The highest BCUT2D eigenvalue weighted by Gasteiger charge is 2.46. The van der Waals surface area contributed by atoms with E-state index in [1.165, 1.54) is 48.9 Å². The van der Waals surface area contributed by atoms with Crippen LogP contribution < -0.4 is 15.1 Å². The number of fused-ring (bicyclic) bond motifs is 4. The van der Waals surface area contributed by atoms with Gasteiger partial charge in [0.05, 0.1) is 17.3 Å². The molecule has 12 nitrogen and oxygen atoms in total. The first-order valence-electron chi connectivity index (χ1n) is 21.8. The molecular weight excluding hydrogens is 744 g/mol. The number of carbonyl (C=O) groups excluding carboxylic acids is 2. The first-order chi connectivity index (χ1) is 28.4. The number of hydrogen-bond acceptors (Lipinski definition) is 9. The molecule has 2 aromatic carbocycles. The van der Waals surface area contributed by atoms with Crippen molar-refractivity contribution in [3.8, 4) is 0 Å². The highest BCUT2D eigenvalue weighted by molar-refractivity contribution is 6.00. The van der Waals surface area contributed by atoms with Crippen LogP contribution in [0.25, 0.3) is 21.8 Å². The Morgan fingerprint density at radius 1 is 0.932 bits per heavy atom. The number of nitrogens with zero attached hydrogens (tertiary/aromatic N) is 8. The standard InChI is InChI=1S/C46H57FN10O2/c1-29-21-36-34-7-5-6-8-37(34)50-41(36)42(56(29)28-45(3,4)47)32-25-48-44(49-26-32)55-15-13-46(14-16-55)23-31(24-46)27-53-17-19-54(20-18-53)33-9-10-38-35(22-33)30(2)52-57(38)39-11-12-40(58)51-43(39)59/h5-10,22,25-26,29,31,39,42,50H,11-21,23-24,27-28H2,1-4H3,(H,51,58,59)/t29-,39?,42-/m1/s1. The highest BCUT2D eigenvalue weighted by Crippen LogP contribution is 2.53. The van der Waals surface area contributed by atoms with E-state index in [0.717, 1.165) is 90.9 Å². The molecule has 5 aliphatic rings. The van der Waals surface area contributed by atoms with Gasteiger partial charge in [-0.3, -0.25) is 29.4 Å². The number of benzene rings is 2. The largest absolute Gasteiger partial charge is 0.369 e. The Morgan fingerprint density at radius 3 is 2.41 bits per heavy atom. The number of aryl methyl sites for hydroxylation is 1. The number of amides is 2. The van der Waals surface area contributed by atoms with Gasteiger partial charge in [0.1, 0.15) is 11.7 Å². The molecule has 2 N–H and O–H groups in total. The summed E-state index contributed by atoms with van der Waals surface area (Å²) in [6.07, 6.45) is 10.6. The van der Waals surface area contributed by atoms with Crippen LogP contribution in [0.15, 0.2) is 54.9 Å². The van der Waals surface area contributed by atoms with Crippen LogP contribution in [0.1, 0.15) is 93.9 Å². The molecule has 1 spiro atoms. The molecule has 4 aliphatic heterocycles. The molecular formula is C46H57FN10O2. The van der Waals surface area contributed by atoms with E-state index in [4.69, 9.17) is 15.1 Å². The molecule has 0 radical (unpaired) electrons. The van der Waals surface area contributed by atoms with Crippen LogP contribution in [0.5, 0.6) is 0 Å². The van der Waals surface area contributed by atoms with E-state index in [-0.39, 0.29) is 23.9 Å². The molecule has 1 aliphatic carbocycles. The number of nitrogens with one attached hydrogen (secondary N) is 2. The van der Waals surface area contributed by atoms with Gasteiger partial charge in [0.15, 0.2) is 0 Å². The normalized spacial score (nSPS) is 24.5. The van der Waals surface area contributed by atoms with E-state index in [9.17, 15) is 9.59 Å². The second-order valence-corrected chi connectivity index (χ2v) is 19.0. The lowest BCUT2D eigenvalue weighted by molar-refractivity contribution is -0.135. The predicted octanol–water partition coefficient (Wildman–Crippen LogP) is 6.50. The fourth-order valence-electron chi connectivity index (χ4n) is 11.3. The second-order valence-electron chi connectivity index (χ2n) is 19.0. The first kappa shape index (κ1) is 38.3. The minimum atomic E-state index is -1.33. The average Bonchev–Trinajstić information content (AvgIpc) is 3.74. The number of rotatable bonds is 8. The third-order valence-corrected chi connectivity index (χ3v) is 14.2. The van der Waals surface area contributed by atoms with Crippen LogP contribution in [-0.4, -0.2) is 110 Å². The lowest BCUT2D eigenvalue weighted by Crippen LogP contribution is -2.53. The maximum absolute atomic E-state index is 15.2. The molecule has 7 heterocycles. The number of aromatic amines is 1. The summed E-state index contributed by atoms with van der Waals surface area (Å²) in [4.78, 5) is 47.7. The van der Waals surface area contributed by atoms with Gasteiger partial charge in [-0.1, -0.05) is 18.2 Å². The summed E-state index contributed by atoms with van der Waals surface area (Å²) >= 11 is 0. The number of H-pyrrole nitrogens is 1. The SMILES string of the molecule is Cc1nn(C2CCC(=O)NC2=O)c2ccc(N3CCN(CC4CC5(CCN(c6ncc([C@@H]7c8[nH]c9ccccc9c8C[C@@H](C)N7CC(C)(C)F)cn6)CC5)C4)CC3)cc12. The summed E-state index contributed by atoms with van der Waals surface area (Å²) in [6, 6.07) is 14.5. The quantitative estimate of drug-likeness (QED) is 0.170. The Hall–Kier alpha value is -4.88.